The molecule has 1 saturated heterocycles. The van der Waals surface area contributed by atoms with Crippen LogP contribution in [-0.4, -0.2) is 30.7 Å². The van der Waals surface area contributed by atoms with Gasteiger partial charge in [-0.1, -0.05) is 72.8 Å². The summed E-state index contributed by atoms with van der Waals surface area (Å²) in [4.78, 5) is 2.58. The van der Waals surface area contributed by atoms with Crippen molar-refractivity contribution in [2.45, 2.75) is 35.4 Å². The quantitative estimate of drug-likeness (QED) is 0.370. The highest BCUT2D eigenvalue weighted by Gasteiger charge is 2.37. The van der Waals surface area contributed by atoms with Gasteiger partial charge in [0.1, 0.15) is 0 Å². The van der Waals surface area contributed by atoms with Crippen molar-refractivity contribution in [2.24, 2.45) is 0 Å². The number of halogens is 3. The van der Waals surface area contributed by atoms with Gasteiger partial charge in [-0.05, 0) is 30.2 Å². The highest BCUT2D eigenvalue weighted by molar-refractivity contribution is 7.99. The SMILES string of the molecule is C[C@H](c1ccccc1)N1CCO[C@@H]([C@H](Sc2ccccc2C(F)(F)F)c2ccccc2)C1. The van der Waals surface area contributed by atoms with Crippen LogP contribution in [0.5, 0.6) is 0 Å². The topological polar surface area (TPSA) is 12.5 Å². The number of hydrogen-bond donors (Lipinski definition) is 0. The first-order valence-corrected chi connectivity index (χ1v) is 11.6. The van der Waals surface area contributed by atoms with E-state index in [0.29, 0.717) is 13.2 Å². The maximum Gasteiger partial charge on any atom is 0.417 e. The van der Waals surface area contributed by atoms with Crippen LogP contribution in [-0.2, 0) is 10.9 Å². The maximum absolute atomic E-state index is 13.6. The molecule has 1 heterocycles. The standard InChI is InChI=1S/C26H26F3NOS/c1-19(20-10-4-2-5-11-20)30-16-17-31-23(18-30)25(21-12-6-3-7-13-21)32-24-15-9-8-14-22(24)26(27,28)29/h2-15,19,23,25H,16-18H2,1H3/t19-,23-,25-/m1/s1. The summed E-state index contributed by atoms with van der Waals surface area (Å²) >= 11 is 1.24. The van der Waals surface area contributed by atoms with Gasteiger partial charge >= 0.3 is 6.18 Å². The minimum atomic E-state index is -4.40. The second-order valence-electron chi connectivity index (χ2n) is 7.93. The second-order valence-corrected chi connectivity index (χ2v) is 9.12. The second kappa shape index (κ2) is 10.1. The molecule has 0 N–H and O–H groups in total. The highest BCUT2D eigenvalue weighted by atomic mass is 32.2. The fourth-order valence-corrected chi connectivity index (χ4v) is 5.47. The maximum atomic E-state index is 13.6. The van der Waals surface area contributed by atoms with E-state index in [1.54, 1.807) is 12.1 Å². The lowest BCUT2D eigenvalue weighted by Gasteiger charge is -2.40. The molecule has 0 spiro atoms. The zero-order valence-corrected chi connectivity index (χ0v) is 18.7. The summed E-state index contributed by atoms with van der Waals surface area (Å²) in [6.07, 6.45) is -4.63. The van der Waals surface area contributed by atoms with Gasteiger partial charge in [-0.3, -0.25) is 4.90 Å². The Kier molecular flexibility index (Phi) is 7.23. The van der Waals surface area contributed by atoms with Crippen molar-refractivity contribution >= 4 is 11.8 Å². The molecule has 6 heteroatoms. The van der Waals surface area contributed by atoms with Crippen molar-refractivity contribution < 1.29 is 17.9 Å². The van der Waals surface area contributed by atoms with Crippen LogP contribution in [0.4, 0.5) is 13.2 Å². The van der Waals surface area contributed by atoms with Gasteiger partial charge in [-0.15, -0.1) is 11.8 Å². The highest BCUT2D eigenvalue weighted by Crippen LogP contribution is 2.45. The molecule has 3 aromatic carbocycles. The van der Waals surface area contributed by atoms with Gasteiger partial charge in [0.25, 0.3) is 0 Å². The molecule has 3 aromatic rings. The monoisotopic (exact) mass is 457 g/mol. The van der Waals surface area contributed by atoms with Gasteiger partial charge in [-0.25, -0.2) is 0 Å². The number of rotatable bonds is 6. The molecule has 32 heavy (non-hydrogen) atoms. The minimum absolute atomic E-state index is 0.200. The molecular weight excluding hydrogens is 431 g/mol. The van der Waals surface area contributed by atoms with Crippen LogP contribution >= 0.6 is 11.8 Å². The summed E-state index contributed by atoms with van der Waals surface area (Å²) in [6, 6.07) is 26.0. The Morgan fingerprint density at radius 2 is 1.47 bits per heavy atom. The van der Waals surface area contributed by atoms with E-state index < -0.39 is 11.7 Å². The van der Waals surface area contributed by atoms with E-state index in [-0.39, 0.29) is 22.3 Å². The van der Waals surface area contributed by atoms with Gasteiger partial charge in [0.15, 0.2) is 0 Å². The summed E-state index contributed by atoms with van der Waals surface area (Å²) < 4.78 is 47.1. The molecule has 168 valence electrons. The number of alkyl halides is 3. The van der Waals surface area contributed by atoms with Crippen LogP contribution in [0.1, 0.15) is 34.9 Å². The van der Waals surface area contributed by atoms with Crippen LogP contribution in [0.15, 0.2) is 89.8 Å². The molecule has 2 nitrogen and oxygen atoms in total. The predicted molar refractivity (Wildman–Crippen MR) is 123 cm³/mol. The van der Waals surface area contributed by atoms with Crippen LogP contribution in [0, 0.1) is 0 Å². The molecule has 0 aliphatic carbocycles. The number of nitrogens with zero attached hydrogens (tertiary/aromatic N) is 1. The number of thioether (sulfide) groups is 1. The Morgan fingerprint density at radius 1 is 0.875 bits per heavy atom. The van der Waals surface area contributed by atoms with E-state index in [1.807, 2.05) is 48.5 Å². The molecule has 1 aliphatic heterocycles. The third kappa shape index (κ3) is 5.37. The molecule has 3 atom stereocenters. The van der Waals surface area contributed by atoms with Gasteiger partial charge in [-0.2, -0.15) is 13.2 Å². The van der Waals surface area contributed by atoms with Crippen molar-refractivity contribution in [1.82, 2.24) is 4.90 Å². The Bertz CT molecular complexity index is 997. The fourth-order valence-electron chi connectivity index (χ4n) is 4.12. The van der Waals surface area contributed by atoms with Gasteiger partial charge < -0.3 is 4.74 Å². The lowest BCUT2D eigenvalue weighted by Crippen LogP contribution is -2.45. The summed E-state index contributed by atoms with van der Waals surface area (Å²) in [5.74, 6) is 0. The van der Waals surface area contributed by atoms with E-state index in [9.17, 15) is 13.2 Å². The third-order valence-corrected chi connectivity index (χ3v) is 7.31. The molecule has 4 rings (SSSR count). The lowest BCUT2D eigenvalue weighted by atomic mass is 10.0. The largest absolute Gasteiger partial charge is 0.417 e. The van der Waals surface area contributed by atoms with E-state index in [1.165, 1.54) is 23.4 Å². The van der Waals surface area contributed by atoms with E-state index in [0.717, 1.165) is 18.2 Å². The normalized spacial score (nSPS) is 19.4. The molecule has 0 amide bonds. The predicted octanol–water partition coefficient (Wildman–Crippen LogP) is 7.00. The molecular formula is C26H26F3NOS. The average Bonchev–Trinajstić information content (AvgIpc) is 2.83. The van der Waals surface area contributed by atoms with Crippen LogP contribution in [0.3, 0.4) is 0 Å². The zero-order valence-electron chi connectivity index (χ0n) is 17.8. The van der Waals surface area contributed by atoms with Crippen molar-refractivity contribution in [2.75, 3.05) is 19.7 Å². The Morgan fingerprint density at radius 3 is 2.12 bits per heavy atom. The summed E-state index contributed by atoms with van der Waals surface area (Å²) in [5, 5.41) is -0.259. The van der Waals surface area contributed by atoms with Crippen LogP contribution in [0.2, 0.25) is 0 Å². The molecule has 0 aromatic heterocycles. The van der Waals surface area contributed by atoms with Gasteiger partial charge in [0.05, 0.1) is 23.5 Å². The zero-order chi connectivity index (χ0) is 22.6. The molecule has 0 unspecified atom stereocenters. The number of morpholine rings is 1. The molecule has 0 radical (unpaired) electrons. The molecule has 1 aliphatic rings. The molecule has 1 fully saturated rings. The Labute approximate surface area is 191 Å². The average molecular weight is 458 g/mol. The van der Waals surface area contributed by atoms with Crippen molar-refractivity contribution in [3.05, 3.63) is 102 Å². The van der Waals surface area contributed by atoms with Crippen molar-refractivity contribution in [1.29, 1.82) is 0 Å². The summed E-state index contributed by atoms with van der Waals surface area (Å²) in [5.41, 5.74) is 1.59. The number of hydrogen-bond acceptors (Lipinski definition) is 3. The van der Waals surface area contributed by atoms with Crippen LogP contribution < -0.4 is 0 Å². The van der Waals surface area contributed by atoms with Gasteiger partial charge in [0, 0.05) is 24.0 Å². The Hall–Kier alpha value is -2.28. The van der Waals surface area contributed by atoms with E-state index >= 15 is 0 Å². The number of benzene rings is 3. The van der Waals surface area contributed by atoms with Crippen LogP contribution in [0.25, 0.3) is 0 Å². The Balaban J connectivity index is 1.62. The summed E-state index contributed by atoms with van der Waals surface area (Å²) in [6.45, 7) is 4.16. The van der Waals surface area contributed by atoms with Gasteiger partial charge in [0.2, 0.25) is 0 Å². The molecule has 0 saturated carbocycles. The van der Waals surface area contributed by atoms with Crippen molar-refractivity contribution in [3.8, 4) is 0 Å². The third-order valence-electron chi connectivity index (χ3n) is 5.87. The summed E-state index contributed by atoms with van der Waals surface area (Å²) in [7, 11) is 0. The van der Waals surface area contributed by atoms with E-state index in [4.69, 9.17) is 4.74 Å². The first-order chi connectivity index (χ1) is 15.4. The van der Waals surface area contributed by atoms with Crippen molar-refractivity contribution in [3.63, 3.8) is 0 Å². The van der Waals surface area contributed by atoms with E-state index in [2.05, 4.69) is 24.0 Å². The first-order valence-electron chi connectivity index (χ1n) is 10.7. The lowest BCUT2D eigenvalue weighted by molar-refractivity contribution is -0.139. The minimum Gasteiger partial charge on any atom is -0.374 e. The molecule has 0 bridgehead atoms. The first kappa shape index (κ1) is 22.9. The fraction of sp³-hybridized carbons (Fsp3) is 0.308. The smallest absolute Gasteiger partial charge is 0.374 e. The number of ether oxygens (including phenoxy) is 1.